The predicted octanol–water partition coefficient (Wildman–Crippen LogP) is 24.2. The van der Waals surface area contributed by atoms with Gasteiger partial charge in [0.2, 0.25) is 0 Å². The zero-order valence-electron chi connectivity index (χ0n) is 64.7. The molecule has 1 saturated heterocycles. The molecule has 30 heteroatoms. The van der Waals surface area contributed by atoms with E-state index in [1.165, 1.54) is 107 Å². The van der Waals surface area contributed by atoms with Crippen molar-refractivity contribution in [2.24, 2.45) is 21.5 Å². The summed E-state index contributed by atoms with van der Waals surface area (Å²) in [4.78, 5) is 2.63. The molecule has 623 valence electrons. The van der Waals surface area contributed by atoms with Gasteiger partial charge in [-0.3, -0.25) is 0 Å². The molecule has 10 heterocycles. The van der Waals surface area contributed by atoms with Gasteiger partial charge in [-0.1, -0.05) is 212 Å². The molecule has 0 aliphatic carbocycles. The summed E-state index contributed by atoms with van der Waals surface area (Å²) in [5.74, 6) is 0. The summed E-state index contributed by atoms with van der Waals surface area (Å²) < 4.78 is 33.7. The zero-order chi connectivity index (χ0) is 83.1. The maximum Gasteiger partial charge on any atom is -0.00147 e. The first kappa shape index (κ1) is 104. The van der Waals surface area contributed by atoms with Crippen LogP contribution in [0.1, 0.15) is 44.2 Å². The molecule has 0 bridgehead atoms. The first-order valence-electron chi connectivity index (χ1n) is 36.5. The van der Waals surface area contributed by atoms with Crippen LogP contribution in [-0.2, 0) is 49.4 Å². The van der Waals surface area contributed by atoms with E-state index in [1.807, 2.05) is 95.7 Å². The first-order chi connectivity index (χ1) is 56.6. The summed E-state index contributed by atoms with van der Waals surface area (Å²) >= 11 is 32.6. The van der Waals surface area contributed by atoms with Crippen LogP contribution in [-0.4, -0.2) is 115 Å². The molecule has 118 heavy (non-hydrogen) atoms. The molecule has 2 atom stereocenters. The van der Waals surface area contributed by atoms with Crippen molar-refractivity contribution >= 4 is 217 Å². The Morgan fingerprint density at radius 1 is 0.483 bits per heavy atom. The molecule has 13 nitrogen and oxygen atoms in total. The monoisotopic (exact) mass is 2090 g/mol. The zero-order valence-corrected chi connectivity index (χ0v) is 80.8. The molecule has 0 amide bonds. The Balaban J connectivity index is 0.000000237. The number of ether oxygens (including phenoxy) is 5. The average Bonchev–Trinajstić information content (AvgIpc) is 1.65. The van der Waals surface area contributed by atoms with Crippen LogP contribution in [0.25, 0.3) is 66.8 Å². The third kappa shape index (κ3) is 35.8. The van der Waals surface area contributed by atoms with Crippen LogP contribution >= 0.6 is 197 Å². The van der Waals surface area contributed by atoms with Crippen molar-refractivity contribution in [2.75, 3.05) is 73.5 Å². The van der Waals surface area contributed by atoms with Gasteiger partial charge in [0.05, 0.1) is 41.6 Å². The number of nitrogens with two attached hydrogens (primary N) is 3. The summed E-state index contributed by atoms with van der Waals surface area (Å²) in [7, 11) is 6.11. The smallest absolute Gasteiger partial charge is 0.00147 e. The number of aliphatic hydroxyl groups excluding tert-OH is 2. The fourth-order valence-corrected chi connectivity index (χ4v) is 22.5. The van der Waals surface area contributed by atoms with Crippen molar-refractivity contribution < 1.29 is 43.9 Å². The number of aliphatic hydroxyl groups is 2. The number of hydrogen-bond donors (Lipinski definition) is 8. The fraction of sp³-hybridized carbons (Fsp3) is 0.205. The van der Waals surface area contributed by atoms with E-state index in [2.05, 4.69) is 263 Å². The number of hydrogen-bond acceptors (Lipinski definition) is 21. The molecule has 0 saturated carbocycles. The molecule has 7 aromatic carbocycles. The maximum atomic E-state index is 9.09. The van der Waals surface area contributed by atoms with Crippen molar-refractivity contribution in [2.45, 2.75) is 44.2 Å². The Kier molecular flexibility index (Phi) is 53.4. The minimum Gasteiger partial charge on any atom is -0.152 e. The van der Waals surface area contributed by atoms with E-state index >= 15 is 0 Å². The second kappa shape index (κ2) is 60.7. The standard InChI is InChI=1S/2C14H15NOS.C12H10Br2OS.C12H12OS.C10H6Br2S.C10H8S.C6H7BO2.C4H3BrS.C4H11NO2.C2H4O.BHNS.2ClH/c2*15-8-13-14-11(6-7-16-13)12(9-17-14)10-4-2-1-3-5-10;13-11-9(6-7-15)10(12(14)16-11)8-4-2-1-3-5-8;13-7-6-11-8-14-9-12(11)10-4-2-1-3-5-10;11-9-6-8(10(12)13-9)7-4-2-1-3-5-7;1-2-4-9(5-3-1)10-6-7-11-8-10;8-7(9)6-4-2-1-3-5-6;5-4-1-2-6-3-4;1-6-4(3-5)7-2;1-2-3-1;1-2-3;;/h2*1-5,9,13H,6-8,15H2;1-5,15H,6-7H2;1-5,8-9,13H,6-7H2;1-6H;1-8H;1-5,8-9H;1-3H;4H,3,5H2,1-2H3;1-2H2;3H;2*1H. The molecular formula is C88H94B2Br5Cl2N4O9S8. The number of halogens is 7. The molecule has 10 N–H and O–H groups in total. The van der Waals surface area contributed by atoms with E-state index in [0.717, 1.165) is 57.0 Å². The van der Waals surface area contributed by atoms with E-state index in [-0.39, 0.29) is 56.5 Å². The predicted molar refractivity (Wildman–Crippen MR) is 531 cm³/mol. The van der Waals surface area contributed by atoms with Gasteiger partial charge in [-0.15, -0.1) is 70.2 Å². The number of fused-ring (bicyclic) bond motifs is 2. The average molecular weight is 2100 g/mol. The molecular weight excluding hydrogens is 2010 g/mol. The van der Waals surface area contributed by atoms with E-state index in [1.54, 1.807) is 118 Å². The second-order valence-electron chi connectivity index (χ2n) is 24.5. The summed E-state index contributed by atoms with van der Waals surface area (Å²) in [6.45, 7) is 5.51. The molecule has 14 aromatic rings. The van der Waals surface area contributed by atoms with Gasteiger partial charge in [0.1, 0.15) is 12.2 Å². The topological polar surface area (TPSA) is 221 Å². The Morgan fingerprint density at radius 3 is 1.24 bits per heavy atom. The van der Waals surface area contributed by atoms with E-state index in [0.29, 0.717) is 31.5 Å². The van der Waals surface area contributed by atoms with Crippen molar-refractivity contribution in [3.05, 3.63) is 325 Å². The molecule has 7 aromatic heterocycles. The third-order valence-corrected chi connectivity index (χ3v) is 27.0. The Morgan fingerprint density at radius 2 is 0.898 bits per heavy atom. The van der Waals surface area contributed by atoms with Gasteiger partial charge in [-0.25, -0.2) is 0 Å². The van der Waals surface area contributed by atoms with Crippen LogP contribution in [0.5, 0.6) is 0 Å². The van der Waals surface area contributed by atoms with Crippen LogP contribution in [0.2, 0.25) is 0 Å². The summed E-state index contributed by atoms with van der Waals surface area (Å²) in [5, 5.41) is 52.2. The first-order valence-corrected chi connectivity index (χ1v) is 47.1. The maximum absolute atomic E-state index is 9.09. The quantitative estimate of drug-likeness (QED) is 0.0196. The van der Waals surface area contributed by atoms with Crippen LogP contribution in [0.4, 0.5) is 0 Å². The van der Waals surface area contributed by atoms with Crippen LogP contribution < -0.4 is 22.7 Å². The van der Waals surface area contributed by atoms with Crippen LogP contribution in [0.3, 0.4) is 0 Å². The largest absolute Gasteiger partial charge is 0.152 e. The molecule has 1 fully saturated rings. The minimum absolute atomic E-state index is 0. The Labute approximate surface area is 783 Å². The third-order valence-electron chi connectivity index (χ3n) is 16.8. The number of methoxy groups -OCH3 is 2. The SMILES string of the molecule is Brc1cc(-c2ccccc2)c(Br)s1.Brc1ccsc1.C1CO1.COC(CN)OC.Cl.Cl.NCC1OCCc2c(-c3ccccc3)csc21.NCC1OCCc2c(-c3ccccc3)csc21.OB(O)c1ccccc1.OCCc1c(Br)sc(Br)c1-c1ccccc1.OCCc1cscc1-c1ccccc1.[B]=NS.c1ccc(-c2ccsc2)cc1. The molecule has 3 aliphatic rings. The summed E-state index contributed by atoms with van der Waals surface area (Å²) in [6.07, 6.45) is 3.38. The van der Waals surface area contributed by atoms with Gasteiger partial charge in [0.15, 0.2) is 6.29 Å². The van der Waals surface area contributed by atoms with E-state index in [9.17, 15) is 0 Å². The molecule has 17 rings (SSSR count). The van der Waals surface area contributed by atoms with Gasteiger partial charge in [0.25, 0.3) is 0 Å². The minimum atomic E-state index is -1.34. The molecule has 1 radical (unpaired) electrons. The van der Waals surface area contributed by atoms with Crippen molar-refractivity contribution in [1.29, 1.82) is 0 Å². The van der Waals surface area contributed by atoms with Crippen molar-refractivity contribution in [3.63, 3.8) is 0 Å². The number of epoxide rings is 1. The molecule has 0 spiro atoms. The van der Waals surface area contributed by atoms with Gasteiger partial charge < -0.3 is 61.1 Å². The fourth-order valence-electron chi connectivity index (χ4n) is 11.2. The number of thiophene rings is 7. The van der Waals surface area contributed by atoms with E-state index in [4.69, 9.17) is 56.4 Å². The van der Waals surface area contributed by atoms with Gasteiger partial charge in [-0.05, 0) is 245 Å². The van der Waals surface area contributed by atoms with Crippen molar-refractivity contribution in [3.8, 4) is 66.8 Å². The number of benzene rings is 7. The second-order valence-corrected chi connectivity index (χ2v) is 37.2. The van der Waals surface area contributed by atoms with Crippen molar-refractivity contribution in [1.82, 2.24) is 0 Å². The van der Waals surface area contributed by atoms with Crippen LogP contribution in [0.15, 0.2) is 297 Å². The van der Waals surface area contributed by atoms with Gasteiger partial charge >= 0.3 is 31.9 Å². The van der Waals surface area contributed by atoms with E-state index < -0.39 is 7.12 Å². The number of nitrogens with zero attached hydrogens (tertiary/aromatic N) is 1. The summed E-state index contributed by atoms with van der Waals surface area (Å²) in [5.41, 5.74) is 37.7. The molecule has 3 aliphatic heterocycles. The Hall–Kier alpha value is -4.78. The van der Waals surface area contributed by atoms with Gasteiger partial charge in [-0.2, -0.15) is 34.0 Å². The Bertz CT molecular complexity index is 4800. The number of thiol groups is 1. The summed E-state index contributed by atoms with van der Waals surface area (Å²) in [6, 6.07) is 77.3. The normalized spacial score (nSPS) is 12.7. The number of rotatable bonds is 16. The molecule has 2 unspecified atom stereocenters. The van der Waals surface area contributed by atoms with Gasteiger partial charge in [0, 0.05) is 77.8 Å². The van der Waals surface area contributed by atoms with Crippen LogP contribution in [0, 0.1) is 0 Å².